The van der Waals surface area contributed by atoms with Crippen molar-refractivity contribution in [2.24, 2.45) is 0 Å². The summed E-state index contributed by atoms with van der Waals surface area (Å²) in [6, 6.07) is 9.24. The molecular formula is C27H34F3N3O2. The number of ether oxygens (including phenoxy) is 1. The Morgan fingerprint density at radius 2 is 1.74 bits per heavy atom. The maximum absolute atomic E-state index is 13.0. The minimum absolute atomic E-state index is 0.0762. The molecule has 0 aliphatic carbocycles. The predicted molar refractivity (Wildman–Crippen MR) is 130 cm³/mol. The summed E-state index contributed by atoms with van der Waals surface area (Å²) in [6.07, 6.45) is -3.52. The second-order valence-corrected chi connectivity index (χ2v) is 10.0. The van der Waals surface area contributed by atoms with Crippen LogP contribution < -0.4 is 4.74 Å². The number of halogens is 3. The summed E-state index contributed by atoms with van der Waals surface area (Å²) in [5.74, 6) is 0.723. The number of rotatable bonds is 7. The molecule has 0 spiro atoms. The minimum Gasteiger partial charge on any atom is -0.492 e. The number of hydrogen-bond donors (Lipinski definition) is 0. The van der Waals surface area contributed by atoms with Crippen molar-refractivity contribution in [3.63, 3.8) is 0 Å². The van der Waals surface area contributed by atoms with E-state index in [1.165, 1.54) is 23.3 Å². The number of nitrogens with zero attached hydrogens (tertiary/aromatic N) is 3. The molecule has 3 atom stereocenters. The molecule has 35 heavy (non-hydrogen) atoms. The van der Waals surface area contributed by atoms with Crippen LogP contribution in [0.4, 0.5) is 13.2 Å². The fraction of sp³-hybridized carbons (Fsp3) is 0.519. The first kappa shape index (κ1) is 25.5. The molecule has 5 nitrogen and oxygen atoms in total. The number of carbonyl (C=O) groups excluding carboxylic acids is 1. The number of likely N-dealkylation sites (tertiary alicyclic amines) is 2. The fourth-order valence-corrected chi connectivity index (χ4v) is 5.33. The van der Waals surface area contributed by atoms with Gasteiger partial charge in [-0.1, -0.05) is 6.07 Å². The van der Waals surface area contributed by atoms with E-state index < -0.39 is 11.7 Å². The summed E-state index contributed by atoms with van der Waals surface area (Å²) >= 11 is 0. The molecule has 190 valence electrons. The molecule has 4 rings (SSSR count). The Hall–Kier alpha value is -2.58. The molecule has 2 heterocycles. The van der Waals surface area contributed by atoms with Gasteiger partial charge in [0.15, 0.2) is 0 Å². The maximum atomic E-state index is 13.0. The van der Waals surface area contributed by atoms with Crippen molar-refractivity contribution in [2.75, 3.05) is 40.3 Å². The molecule has 2 aliphatic rings. The smallest absolute Gasteiger partial charge is 0.416 e. The number of hydrogen-bond acceptors (Lipinski definition) is 4. The summed E-state index contributed by atoms with van der Waals surface area (Å²) in [5, 5.41) is 0. The zero-order valence-corrected chi connectivity index (χ0v) is 21.0. The van der Waals surface area contributed by atoms with Crippen LogP contribution in [0.1, 0.15) is 52.0 Å². The van der Waals surface area contributed by atoms with Gasteiger partial charge in [0, 0.05) is 43.3 Å². The highest BCUT2D eigenvalue weighted by atomic mass is 19.4. The van der Waals surface area contributed by atoms with Crippen LogP contribution >= 0.6 is 0 Å². The summed E-state index contributed by atoms with van der Waals surface area (Å²) in [5.41, 5.74) is 3.20. The SMILES string of the molecule is Cc1c(OCCN(C)C)ccc([C@H](C)N2C[C@H]3C[C@@H]2CN3C(=O)c2ccc(C(F)(F)F)cc2)c1C. The van der Waals surface area contributed by atoms with Gasteiger partial charge in [0.05, 0.1) is 5.56 Å². The van der Waals surface area contributed by atoms with E-state index in [2.05, 4.69) is 42.7 Å². The third kappa shape index (κ3) is 5.19. The Kier molecular flexibility index (Phi) is 7.16. The molecular weight excluding hydrogens is 455 g/mol. The van der Waals surface area contributed by atoms with E-state index in [1.54, 1.807) is 0 Å². The Morgan fingerprint density at radius 3 is 2.31 bits per heavy atom. The zero-order valence-electron chi connectivity index (χ0n) is 21.0. The number of likely N-dealkylation sites (N-methyl/N-ethyl adjacent to an activating group) is 1. The summed E-state index contributed by atoms with van der Waals surface area (Å²) in [6.45, 7) is 9.29. The average molecular weight is 490 g/mol. The van der Waals surface area contributed by atoms with Crippen LogP contribution in [0.15, 0.2) is 36.4 Å². The maximum Gasteiger partial charge on any atom is 0.416 e. The molecule has 2 bridgehead atoms. The first-order chi connectivity index (χ1) is 16.5. The van der Waals surface area contributed by atoms with Crippen LogP contribution in [0, 0.1) is 13.8 Å². The number of carbonyl (C=O) groups is 1. The molecule has 2 aliphatic heterocycles. The molecule has 1 amide bonds. The number of fused-ring (bicyclic) bond motifs is 2. The largest absolute Gasteiger partial charge is 0.492 e. The quantitative estimate of drug-likeness (QED) is 0.553. The Bertz CT molecular complexity index is 1070. The van der Waals surface area contributed by atoms with Gasteiger partial charge in [-0.3, -0.25) is 9.69 Å². The molecule has 0 radical (unpaired) electrons. The average Bonchev–Trinajstić information content (AvgIpc) is 3.41. The first-order valence-corrected chi connectivity index (χ1v) is 12.1. The number of piperazine rings is 1. The highest BCUT2D eigenvalue weighted by Gasteiger charge is 2.47. The summed E-state index contributed by atoms with van der Waals surface area (Å²) in [4.78, 5) is 19.4. The van der Waals surface area contributed by atoms with Gasteiger partial charge >= 0.3 is 6.18 Å². The standard InChI is InChI=1S/C27H34F3N3O2/c1-17-18(2)25(35-13-12-31(4)5)11-10-24(17)19(3)32-15-23-14-22(32)16-33(23)26(34)20-6-8-21(9-7-20)27(28,29)30/h6-11,19,22-23H,12-16H2,1-5H3/t19-,22+,23+/m0/s1. The van der Waals surface area contributed by atoms with Crippen LogP contribution in [0.25, 0.3) is 0 Å². The highest BCUT2D eigenvalue weighted by Crippen LogP contribution is 2.39. The van der Waals surface area contributed by atoms with Crippen molar-refractivity contribution in [1.82, 2.24) is 14.7 Å². The van der Waals surface area contributed by atoms with E-state index in [4.69, 9.17) is 4.74 Å². The molecule has 2 aromatic rings. The number of amides is 1. The molecule has 0 unspecified atom stereocenters. The third-order valence-electron chi connectivity index (χ3n) is 7.53. The lowest BCUT2D eigenvalue weighted by Gasteiger charge is -2.38. The van der Waals surface area contributed by atoms with E-state index >= 15 is 0 Å². The van der Waals surface area contributed by atoms with E-state index in [-0.39, 0.29) is 24.0 Å². The number of alkyl halides is 3. The Morgan fingerprint density at radius 1 is 1.06 bits per heavy atom. The van der Waals surface area contributed by atoms with Crippen LogP contribution in [0.5, 0.6) is 5.75 Å². The van der Waals surface area contributed by atoms with E-state index in [1.807, 2.05) is 19.0 Å². The summed E-state index contributed by atoms with van der Waals surface area (Å²) in [7, 11) is 4.04. The van der Waals surface area contributed by atoms with Gasteiger partial charge in [-0.25, -0.2) is 0 Å². The number of benzene rings is 2. The molecule has 2 aromatic carbocycles. The van der Waals surface area contributed by atoms with Crippen molar-refractivity contribution in [3.8, 4) is 5.75 Å². The zero-order chi connectivity index (χ0) is 25.5. The van der Waals surface area contributed by atoms with Crippen LogP contribution in [-0.2, 0) is 6.18 Å². The third-order valence-corrected chi connectivity index (χ3v) is 7.53. The van der Waals surface area contributed by atoms with Gasteiger partial charge in [-0.15, -0.1) is 0 Å². The van der Waals surface area contributed by atoms with E-state index in [9.17, 15) is 18.0 Å². The van der Waals surface area contributed by atoms with Crippen LogP contribution in [0.3, 0.4) is 0 Å². The normalized spacial score (nSPS) is 21.1. The topological polar surface area (TPSA) is 36.0 Å². The Balaban J connectivity index is 1.41. The van der Waals surface area contributed by atoms with Crippen molar-refractivity contribution in [2.45, 2.75) is 51.5 Å². The summed E-state index contributed by atoms with van der Waals surface area (Å²) < 4.78 is 44.5. The Labute approximate surface area is 205 Å². The van der Waals surface area contributed by atoms with Gasteiger partial charge in [0.1, 0.15) is 12.4 Å². The van der Waals surface area contributed by atoms with Gasteiger partial charge < -0.3 is 14.5 Å². The van der Waals surface area contributed by atoms with Gasteiger partial charge in [-0.05, 0) is 88.3 Å². The fourth-order valence-electron chi connectivity index (χ4n) is 5.33. The lowest BCUT2D eigenvalue weighted by Crippen LogP contribution is -2.49. The van der Waals surface area contributed by atoms with Crippen molar-refractivity contribution in [3.05, 3.63) is 64.2 Å². The van der Waals surface area contributed by atoms with Gasteiger partial charge in [0.2, 0.25) is 0 Å². The molecule has 2 fully saturated rings. The minimum atomic E-state index is -4.40. The van der Waals surface area contributed by atoms with E-state index in [0.29, 0.717) is 18.7 Å². The second-order valence-electron chi connectivity index (χ2n) is 10.0. The lowest BCUT2D eigenvalue weighted by molar-refractivity contribution is -0.137. The highest BCUT2D eigenvalue weighted by molar-refractivity contribution is 5.94. The first-order valence-electron chi connectivity index (χ1n) is 12.1. The molecule has 8 heteroatoms. The van der Waals surface area contributed by atoms with Crippen LogP contribution in [0.2, 0.25) is 0 Å². The van der Waals surface area contributed by atoms with E-state index in [0.717, 1.165) is 43.0 Å². The monoisotopic (exact) mass is 489 g/mol. The lowest BCUT2D eigenvalue weighted by atomic mass is 9.96. The van der Waals surface area contributed by atoms with Gasteiger partial charge in [-0.2, -0.15) is 13.2 Å². The van der Waals surface area contributed by atoms with Crippen molar-refractivity contribution < 1.29 is 22.7 Å². The predicted octanol–water partition coefficient (Wildman–Crippen LogP) is 4.92. The van der Waals surface area contributed by atoms with Gasteiger partial charge in [0.25, 0.3) is 5.91 Å². The molecule has 0 aromatic heterocycles. The van der Waals surface area contributed by atoms with Crippen molar-refractivity contribution >= 4 is 5.91 Å². The molecule has 0 saturated carbocycles. The second kappa shape index (κ2) is 9.82. The van der Waals surface area contributed by atoms with Crippen molar-refractivity contribution in [1.29, 1.82) is 0 Å². The molecule has 0 N–H and O–H groups in total. The van der Waals surface area contributed by atoms with Crippen LogP contribution in [-0.4, -0.2) is 73.0 Å². The molecule has 2 saturated heterocycles.